The molecule has 0 aromatic heterocycles. The van der Waals surface area contributed by atoms with Gasteiger partial charge in [0, 0.05) is 27.0 Å². The minimum Gasteiger partial charge on any atom is -0.271 e. The van der Waals surface area contributed by atoms with Crippen molar-refractivity contribution in [3.63, 3.8) is 0 Å². The minimum absolute atomic E-state index is 0.0199. The Kier molecular flexibility index (Phi) is 6.15. The second-order valence-corrected chi connectivity index (χ2v) is 9.07. The van der Waals surface area contributed by atoms with Gasteiger partial charge in [0.05, 0.1) is 0 Å². The molecule has 2 aromatic carbocycles. The van der Waals surface area contributed by atoms with Gasteiger partial charge in [0.2, 0.25) is 0 Å². The molecule has 4 heteroatoms. The molecule has 2 amide bonds. The van der Waals surface area contributed by atoms with Crippen molar-refractivity contribution < 1.29 is 9.59 Å². The predicted molar refractivity (Wildman–Crippen MR) is 117 cm³/mol. The first kappa shape index (κ1) is 19.6. The topological polar surface area (TPSA) is 37.4 Å². The van der Waals surface area contributed by atoms with E-state index in [0.717, 1.165) is 40.9 Å². The van der Waals surface area contributed by atoms with E-state index in [1.165, 1.54) is 44.9 Å². The summed E-state index contributed by atoms with van der Waals surface area (Å²) in [5.74, 6) is -0.225. The molecule has 0 atom stereocenters. The van der Waals surface area contributed by atoms with E-state index in [0.29, 0.717) is 11.1 Å². The lowest BCUT2D eigenvalue weighted by Crippen LogP contribution is -2.47. The summed E-state index contributed by atoms with van der Waals surface area (Å²) in [4.78, 5) is 28.4. The molecule has 2 aromatic rings. The summed E-state index contributed by atoms with van der Waals surface area (Å²) >= 11 is 3.56. The van der Waals surface area contributed by atoms with Crippen molar-refractivity contribution in [2.24, 2.45) is 0 Å². The van der Waals surface area contributed by atoms with Crippen LogP contribution in [0.1, 0.15) is 91.3 Å². The first-order valence-corrected chi connectivity index (χ1v) is 11.6. The summed E-state index contributed by atoms with van der Waals surface area (Å²) in [7, 11) is 0. The van der Waals surface area contributed by atoms with Crippen LogP contribution in [0.4, 0.5) is 0 Å². The Hall–Kier alpha value is -1.68. The van der Waals surface area contributed by atoms with Gasteiger partial charge >= 0.3 is 0 Å². The number of carbonyl (C=O) groups excluding carboxylic acids is 2. The van der Waals surface area contributed by atoms with Crippen molar-refractivity contribution in [2.45, 2.75) is 76.7 Å². The molecule has 4 rings (SSSR count). The van der Waals surface area contributed by atoms with Gasteiger partial charge in [-0.2, -0.15) is 0 Å². The van der Waals surface area contributed by atoms with Gasteiger partial charge in [-0.05, 0) is 36.4 Å². The van der Waals surface area contributed by atoms with Gasteiger partial charge in [0.1, 0.15) is 0 Å². The van der Waals surface area contributed by atoms with Gasteiger partial charge in [-0.25, -0.2) is 0 Å². The van der Waals surface area contributed by atoms with E-state index in [4.69, 9.17) is 0 Å². The molecule has 2 aliphatic rings. The second kappa shape index (κ2) is 8.77. The van der Waals surface area contributed by atoms with Gasteiger partial charge in [0.15, 0.2) is 0 Å². The Morgan fingerprint density at radius 1 is 0.714 bits per heavy atom. The molecule has 1 saturated carbocycles. The van der Waals surface area contributed by atoms with Crippen LogP contribution in [-0.4, -0.2) is 22.8 Å². The normalized spacial score (nSPS) is 20.1. The maximum Gasteiger partial charge on any atom is 0.261 e. The Bertz CT molecular complexity index is 857. The molecule has 0 bridgehead atoms. The molecule has 28 heavy (non-hydrogen) atoms. The minimum atomic E-state index is -0.113. The lowest BCUT2D eigenvalue weighted by Gasteiger charge is -2.34. The highest BCUT2D eigenvalue weighted by molar-refractivity contribution is 9.10. The number of carbonyl (C=O) groups is 2. The quantitative estimate of drug-likeness (QED) is 0.452. The number of rotatable bonds is 1. The summed E-state index contributed by atoms with van der Waals surface area (Å²) in [6.45, 7) is 0. The molecule has 3 nitrogen and oxygen atoms in total. The number of nitrogens with zero attached hydrogens (tertiary/aromatic N) is 1. The van der Waals surface area contributed by atoms with Crippen LogP contribution in [-0.2, 0) is 0 Å². The summed E-state index contributed by atoms with van der Waals surface area (Å²) in [5.41, 5.74) is 1.33. The van der Waals surface area contributed by atoms with Crippen LogP contribution < -0.4 is 0 Å². The fraction of sp³-hybridized carbons (Fsp3) is 0.500. The van der Waals surface area contributed by atoms with Crippen LogP contribution in [0.25, 0.3) is 10.8 Å². The fourth-order valence-corrected chi connectivity index (χ4v) is 5.27. The molecule has 1 fully saturated rings. The molecule has 1 heterocycles. The van der Waals surface area contributed by atoms with E-state index in [-0.39, 0.29) is 17.9 Å². The second-order valence-electron chi connectivity index (χ2n) is 8.22. The third-order valence-electron chi connectivity index (χ3n) is 6.33. The molecule has 0 radical (unpaired) electrons. The van der Waals surface area contributed by atoms with Crippen LogP contribution >= 0.6 is 15.9 Å². The average molecular weight is 442 g/mol. The standard InChI is InChI=1S/C24H28BrNO2/c25-21-16-15-20-22-18(21)13-10-14-19(22)23(27)26(24(20)28)17-11-8-6-4-2-1-3-5-7-9-12-17/h10,13-17H,1-9,11-12H2. The highest BCUT2D eigenvalue weighted by Gasteiger charge is 2.37. The fourth-order valence-electron chi connectivity index (χ4n) is 4.81. The first-order valence-electron chi connectivity index (χ1n) is 10.8. The number of benzene rings is 2. The molecular formula is C24H28BrNO2. The van der Waals surface area contributed by atoms with E-state index < -0.39 is 0 Å². The predicted octanol–water partition coefficient (Wildman–Crippen LogP) is 6.87. The number of amides is 2. The first-order chi connectivity index (χ1) is 13.7. The molecule has 1 aliphatic carbocycles. The summed E-state index contributed by atoms with van der Waals surface area (Å²) in [5, 5.41) is 1.74. The van der Waals surface area contributed by atoms with Crippen molar-refractivity contribution in [1.82, 2.24) is 4.90 Å². The van der Waals surface area contributed by atoms with Crippen LogP contribution in [0.5, 0.6) is 0 Å². The molecule has 0 saturated heterocycles. The highest BCUT2D eigenvalue weighted by atomic mass is 79.9. The van der Waals surface area contributed by atoms with Crippen LogP contribution in [0, 0.1) is 0 Å². The lowest BCUT2D eigenvalue weighted by molar-refractivity contribution is 0.0517. The molecule has 0 unspecified atom stereocenters. The zero-order valence-corrected chi connectivity index (χ0v) is 18.0. The van der Waals surface area contributed by atoms with Gasteiger partial charge in [-0.1, -0.05) is 85.9 Å². The van der Waals surface area contributed by atoms with Crippen molar-refractivity contribution in [2.75, 3.05) is 0 Å². The summed E-state index contributed by atoms with van der Waals surface area (Å²) in [6, 6.07) is 9.57. The zero-order valence-electron chi connectivity index (χ0n) is 16.4. The third kappa shape index (κ3) is 3.76. The van der Waals surface area contributed by atoms with Crippen LogP contribution in [0.2, 0.25) is 0 Å². The SMILES string of the molecule is O=C1c2cccc3c(Br)ccc(c23)C(=O)N1C1CCCCCCCCCCC1. The molecule has 0 N–H and O–H groups in total. The van der Waals surface area contributed by atoms with Gasteiger partial charge < -0.3 is 0 Å². The Morgan fingerprint density at radius 2 is 1.25 bits per heavy atom. The third-order valence-corrected chi connectivity index (χ3v) is 7.02. The Labute approximate surface area is 175 Å². The molecule has 148 valence electrons. The van der Waals surface area contributed by atoms with E-state index in [2.05, 4.69) is 15.9 Å². The monoisotopic (exact) mass is 441 g/mol. The maximum atomic E-state index is 13.4. The van der Waals surface area contributed by atoms with Crippen LogP contribution in [0.15, 0.2) is 34.8 Å². The highest BCUT2D eigenvalue weighted by Crippen LogP contribution is 2.36. The van der Waals surface area contributed by atoms with Crippen molar-refractivity contribution >= 4 is 38.5 Å². The van der Waals surface area contributed by atoms with E-state index in [1.807, 2.05) is 30.3 Å². The van der Waals surface area contributed by atoms with Crippen molar-refractivity contribution in [3.05, 3.63) is 45.9 Å². The largest absolute Gasteiger partial charge is 0.271 e. The Morgan fingerprint density at radius 3 is 1.86 bits per heavy atom. The van der Waals surface area contributed by atoms with Gasteiger partial charge in [-0.3, -0.25) is 14.5 Å². The van der Waals surface area contributed by atoms with E-state index in [1.54, 1.807) is 4.90 Å². The van der Waals surface area contributed by atoms with E-state index >= 15 is 0 Å². The lowest BCUT2D eigenvalue weighted by atomic mass is 9.90. The number of hydrogen-bond donors (Lipinski definition) is 0. The number of halogens is 1. The average Bonchev–Trinajstić information content (AvgIpc) is 2.69. The molecule has 1 aliphatic heterocycles. The smallest absolute Gasteiger partial charge is 0.261 e. The Balaban J connectivity index is 1.66. The summed E-state index contributed by atoms with van der Waals surface area (Å²) < 4.78 is 0.924. The maximum absolute atomic E-state index is 13.4. The zero-order chi connectivity index (χ0) is 19.5. The number of hydrogen-bond acceptors (Lipinski definition) is 2. The van der Waals surface area contributed by atoms with Gasteiger partial charge in [-0.15, -0.1) is 0 Å². The molecule has 0 spiro atoms. The van der Waals surface area contributed by atoms with Crippen LogP contribution in [0.3, 0.4) is 0 Å². The van der Waals surface area contributed by atoms with Gasteiger partial charge in [0.25, 0.3) is 11.8 Å². The van der Waals surface area contributed by atoms with Crippen molar-refractivity contribution in [3.8, 4) is 0 Å². The van der Waals surface area contributed by atoms with E-state index in [9.17, 15) is 9.59 Å². The van der Waals surface area contributed by atoms with Crippen molar-refractivity contribution in [1.29, 1.82) is 0 Å². The number of imide groups is 1. The molecular weight excluding hydrogens is 414 g/mol. The summed E-state index contributed by atoms with van der Waals surface area (Å²) in [6.07, 6.45) is 13.0.